The molecule has 1 unspecified atom stereocenters. The molecule has 2 aromatic rings. The van der Waals surface area contributed by atoms with Gasteiger partial charge in [0, 0.05) is 25.0 Å². The lowest BCUT2D eigenvalue weighted by molar-refractivity contribution is -0.133. The van der Waals surface area contributed by atoms with Gasteiger partial charge in [0.05, 0.1) is 16.9 Å². The van der Waals surface area contributed by atoms with Crippen molar-refractivity contribution in [2.45, 2.75) is 71.8 Å². The molecule has 0 aliphatic heterocycles. The summed E-state index contributed by atoms with van der Waals surface area (Å²) in [6, 6.07) is 4.84. The number of benzene rings is 1. The van der Waals surface area contributed by atoms with Crippen LogP contribution >= 0.6 is 11.6 Å². The normalized spacial score (nSPS) is 12.3. The van der Waals surface area contributed by atoms with Crippen molar-refractivity contribution in [3.05, 3.63) is 39.4 Å². The molecule has 0 aliphatic carbocycles. The SMILES string of the molecule is CCCCCC(=O)N(CCCCC)C(C)c1nc2cc(Cl)ccc2c(=O)n1C. The van der Waals surface area contributed by atoms with E-state index in [1.165, 1.54) is 0 Å². The Balaban J connectivity index is 2.38. The molecule has 154 valence electrons. The van der Waals surface area contributed by atoms with Crippen LogP contribution in [0, 0.1) is 0 Å². The highest BCUT2D eigenvalue weighted by Crippen LogP contribution is 2.23. The molecule has 1 aromatic heterocycles. The van der Waals surface area contributed by atoms with Crippen LogP contribution in [0.25, 0.3) is 10.9 Å². The van der Waals surface area contributed by atoms with Crippen LogP contribution in [0.3, 0.4) is 0 Å². The Hall–Kier alpha value is -1.88. The molecular weight excluding hydrogens is 374 g/mol. The van der Waals surface area contributed by atoms with Crippen LogP contribution in [0.5, 0.6) is 0 Å². The average molecular weight is 406 g/mol. The van der Waals surface area contributed by atoms with E-state index in [0.29, 0.717) is 34.7 Å². The summed E-state index contributed by atoms with van der Waals surface area (Å²) >= 11 is 6.10. The first-order chi connectivity index (χ1) is 13.4. The zero-order valence-corrected chi connectivity index (χ0v) is 18.3. The number of fused-ring (bicyclic) bond motifs is 1. The van der Waals surface area contributed by atoms with Gasteiger partial charge in [0.1, 0.15) is 5.82 Å². The highest BCUT2D eigenvalue weighted by atomic mass is 35.5. The number of halogens is 1. The molecule has 28 heavy (non-hydrogen) atoms. The van der Waals surface area contributed by atoms with E-state index in [9.17, 15) is 9.59 Å². The molecule has 1 atom stereocenters. The molecule has 1 heterocycles. The summed E-state index contributed by atoms with van der Waals surface area (Å²) in [7, 11) is 1.72. The maximum Gasteiger partial charge on any atom is 0.261 e. The van der Waals surface area contributed by atoms with Crippen LogP contribution in [-0.4, -0.2) is 26.9 Å². The Bertz CT molecular complexity index is 863. The van der Waals surface area contributed by atoms with Crippen molar-refractivity contribution in [3.8, 4) is 0 Å². The first-order valence-electron chi connectivity index (χ1n) is 10.4. The van der Waals surface area contributed by atoms with Gasteiger partial charge in [-0.05, 0) is 38.0 Å². The van der Waals surface area contributed by atoms with Gasteiger partial charge in [-0.25, -0.2) is 4.98 Å². The molecular formula is C22H32ClN3O2. The van der Waals surface area contributed by atoms with Gasteiger partial charge in [0.15, 0.2) is 0 Å². The van der Waals surface area contributed by atoms with E-state index in [4.69, 9.17) is 16.6 Å². The summed E-state index contributed by atoms with van der Waals surface area (Å²) in [6.45, 7) is 6.92. The molecule has 1 amide bonds. The van der Waals surface area contributed by atoms with E-state index in [2.05, 4.69) is 13.8 Å². The number of nitrogens with zero attached hydrogens (tertiary/aromatic N) is 3. The van der Waals surface area contributed by atoms with E-state index in [1.807, 2.05) is 11.8 Å². The maximum atomic E-state index is 12.9. The van der Waals surface area contributed by atoms with E-state index in [1.54, 1.807) is 29.8 Å². The van der Waals surface area contributed by atoms with Gasteiger partial charge in [-0.15, -0.1) is 0 Å². The van der Waals surface area contributed by atoms with Crippen molar-refractivity contribution < 1.29 is 4.79 Å². The first kappa shape index (κ1) is 22.4. The molecule has 0 bridgehead atoms. The standard InChI is InChI=1S/C22H32ClN3O2/c1-5-7-9-11-20(27)26(14-10-8-6-2)16(3)21-24-19-15-17(23)12-13-18(19)22(28)25(21)4/h12-13,15-16H,5-11,14H2,1-4H3. The second-order valence-corrected chi connectivity index (χ2v) is 7.86. The lowest BCUT2D eigenvalue weighted by atomic mass is 10.1. The number of rotatable bonds is 10. The Kier molecular flexibility index (Phi) is 8.49. The molecule has 2 rings (SSSR count). The summed E-state index contributed by atoms with van der Waals surface area (Å²) in [5, 5.41) is 1.08. The van der Waals surface area contributed by atoms with Crippen molar-refractivity contribution in [3.63, 3.8) is 0 Å². The predicted octanol–water partition coefficient (Wildman–Crippen LogP) is 5.25. The third-order valence-electron chi connectivity index (χ3n) is 5.23. The second kappa shape index (κ2) is 10.6. The van der Waals surface area contributed by atoms with Crippen LogP contribution in [-0.2, 0) is 11.8 Å². The number of hydrogen-bond donors (Lipinski definition) is 0. The second-order valence-electron chi connectivity index (χ2n) is 7.42. The van der Waals surface area contributed by atoms with Crippen molar-refractivity contribution in [2.24, 2.45) is 7.05 Å². The van der Waals surface area contributed by atoms with Crippen molar-refractivity contribution in [1.82, 2.24) is 14.5 Å². The van der Waals surface area contributed by atoms with E-state index >= 15 is 0 Å². The largest absolute Gasteiger partial charge is 0.333 e. The van der Waals surface area contributed by atoms with Crippen LogP contribution in [0.4, 0.5) is 0 Å². The third-order valence-corrected chi connectivity index (χ3v) is 5.47. The average Bonchev–Trinajstić information content (AvgIpc) is 2.67. The molecule has 5 nitrogen and oxygen atoms in total. The topological polar surface area (TPSA) is 55.2 Å². The molecule has 6 heteroatoms. The van der Waals surface area contributed by atoms with Gasteiger partial charge in [0.25, 0.3) is 5.56 Å². The highest BCUT2D eigenvalue weighted by molar-refractivity contribution is 6.31. The molecule has 0 fully saturated rings. The van der Waals surface area contributed by atoms with Crippen LogP contribution in [0.15, 0.2) is 23.0 Å². The van der Waals surface area contributed by atoms with E-state index in [0.717, 1.165) is 38.5 Å². The minimum Gasteiger partial charge on any atom is -0.333 e. The smallest absolute Gasteiger partial charge is 0.261 e. The Labute approximate surface area is 172 Å². The van der Waals surface area contributed by atoms with Crippen LogP contribution in [0.2, 0.25) is 5.02 Å². The number of unbranched alkanes of at least 4 members (excludes halogenated alkanes) is 4. The van der Waals surface area contributed by atoms with Crippen molar-refractivity contribution >= 4 is 28.4 Å². The third kappa shape index (κ3) is 5.34. The summed E-state index contributed by atoms with van der Waals surface area (Å²) in [4.78, 5) is 32.3. The summed E-state index contributed by atoms with van der Waals surface area (Å²) < 4.78 is 1.56. The van der Waals surface area contributed by atoms with E-state index in [-0.39, 0.29) is 17.5 Å². The minimum atomic E-state index is -0.271. The molecule has 0 N–H and O–H groups in total. The monoisotopic (exact) mass is 405 g/mol. The number of amides is 1. The van der Waals surface area contributed by atoms with Gasteiger partial charge in [-0.1, -0.05) is 51.1 Å². The summed E-state index contributed by atoms with van der Waals surface area (Å²) in [5.74, 6) is 0.734. The number of aromatic nitrogens is 2. The van der Waals surface area contributed by atoms with Crippen molar-refractivity contribution in [2.75, 3.05) is 6.54 Å². The van der Waals surface area contributed by atoms with Crippen LogP contribution < -0.4 is 5.56 Å². The fourth-order valence-electron chi connectivity index (χ4n) is 3.51. The lowest BCUT2D eigenvalue weighted by Crippen LogP contribution is -2.37. The lowest BCUT2D eigenvalue weighted by Gasteiger charge is -2.30. The number of carbonyl (C=O) groups excluding carboxylic acids is 1. The molecule has 0 spiro atoms. The zero-order chi connectivity index (χ0) is 20.7. The Morgan fingerprint density at radius 1 is 1.18 bits per heavy atom. The summed E-state index contributed by atoms with van der Waals surface area (Å²) in [5.41, 5.74) is 0.458. The summed E-state index contributed by atoms with van der Waals surface area (Å²) in [6.07, 6.45) is 6.69. The molecule has 0 saturated heterocycles. The predicted molar refractivity (Wildman–Crippen MR) is 116 cm³/mol. The van der Waals surface area contributed by atoms with Crippen LogP contribution in [0.1, 0.15) is 77.6 Å². The molecule has 0 radical (unpaired) electrons. The van der Waals surface area contributed by atoms with E-state index < -0.39 is 0 Å². The fraction of sp³-hybridized carbons (Fsp3) is 0.591. The number of carbonyl (C=O) groups is 1. The highest BCUT2D eigenvalue weighted by Gasteiger charge is 2.24. The quantitative estimate of drug-likeness (QED) is 0.507. The molecule has 0 saturated carbocycles. The zero-order valence-electron chi connectivity index (χ0n) is 17.5. The molecule has 1 aromatic carbocycles. The van der Waals surface area contributed by atoms with Gasteiger partial charge in [0.2, 0.25) is 5.91 Å². The van der Waals surface area contributed by atoms with Gasteiger partial charge < -0.3 is 4.90 Å². The Morgan fingerprint density at radius 2 is 1.86 bits per heavy atom. The Morgan fingerprint density at radius 3 is 2.54 bits per heavy atom. The molecule has 0 aliphatic rings. The van der Waals surface area contributed by atoms with Gasteiger partial charge in [-0.3, -0.25) is 14.2 Å². The minimum absolute atomic E-state index is 0.115. The number of hydrogen-bond acceptors (Lipinski definition) is 3. The maximum absolute atomic E-state index is 12.9. The van der Waals surface area contributed by atoms with Gasteiger partial charge >= 0.3 is 0 Å². The first-order valence-corrected chi connectivity index (χ1v) is 10.7. The van der Waals surface area contributed by atoms with Gasteiger partial charge in [-0.2, -0.15) is 0 Å². The van der Waals surface area contributed by atoms with Crippen molar-refractivity contribution in [1.29, 1.82) is 0 Å². The fourth-order valence-corrected chi connectivity index (χ4v) is 3.68.